The number of hydrogen-bond acceptors (Lipinski definition) is 4. The first-order valence-electron chi connectivity index (χ1n) is 4.26. The van der Waals surface area contributed by atoms with Crippen molar-refractivity contribution in [2.45, 2.75) is 6.61 Å². The van der Waals surface area contributed by atoms with E-state index < -0.39 is 12.6 Å². The summed E-state index contributed by atoms with van der Waals surface area (Å²) < 4.78 is 33.0. The molecule has 1 aromatic carbocycles. The van der Waals surface area contributed by atoms with Crippen molar-refractivity contribution < 1.29 is 23.0 Å². The van der Waals surface area contributed by atoms with E-state index in [1.54, 1.807) is 28.7 Å². The Bertz CT molecular complexity index is 485. The number of nitriles is 1. The number of hydrogen-bond donors (Lipinski definition) is 0. The van der Waals surface area contributed by atoms with Gasteiger partial charge in [0.15, 0.2) is 0 Å². The fourth-order valence-electron chi connectivity index (χ4n) is 1.15. The van der Waals surface area contributed by atoms with Crippen molar-refractivity contribution in [2.75, 3.05) is 7.11 Å². The van der Waals surface area contributed by atoms with E-state index in [0.29, 0.717) is 3.57 Å². The summed E-state index contributed by atoms with van der Waals surface area (Å²) in [7, 11) is 1.17. The molecule has 0 spiro atoms. The highest BCUT2D eigenvalue weighted by molar-refractivity contribution is 14.1. The number of rotatable bonds is 3. The van der Waals surface area contributed by atoms with Crippen LogP contribution in [0, 0.1) is 14.9 Å². The Labute approximate surface area is 109 Å². The van der Waals surface area contributed by atoms with Crippen LogP contribution in [0.5, 0.6) is 5.75 Å². The predicted molar refractivity (Wildman–Crippen MR) is 61.8 cm³/mol. The van der Waals surface area contributed by atoms with Crippen molar-refractivity contribution in [3.63, 3.8) is 0 Å². The minimum absolute atomic E-state index is 0.0391. The second kappa shape index (κ2) is 5.77. The molecule has 0 heterocycles. The van der Waals surface area contributed by atoms with Gasteiger partial charge in [-0.3, -0.25) is 0 Å². The minimum Gasteiger partial charge on any atom is -0.465 e. The summed E-state index contributed by atoms with van der Waals surface area (Å²) >= 11 is 1.74. The first kappa shape index (κ1) is 13.6. The fourth-order valence-corrected chi connectivity index (χ4v) is 1.97. The third-order valence-corrected chi connectivity index (χ3v) is 2.65. The summed E-state index contributed by atoms with van der Waals surface area (Å²) in [5.74, 6) is -0.872. The molecule has 0 radical (unpaired) electrons. The van der Waals surface area contributed by atoms with E-state index in [2.05, 4.69) is 9.47 Å². The van der Waals surface area contributed by atoms with Crippen LogP contribution in [0.4, 0.5) is 8.78 Å². The van der Waals surface area contributed by atoms with Crippen LogP contribution in [-0.2, 0) is 4.74 Å². The van der Waals surface area contributed by atoms with Gasteiger partial charge >= 0.3 is 12.6 Å². The molecule has 0 fully saturated rings. The largest absolute Gasteiger partial charge is 0.465 e. The molecule has 4 nitrogen and oxygen atoms in total. The smallest absolute Gasteiger partial charge is 0.387 e. The molecule has 7 heteroatoms. The lowest BCUT2D eigenvalue weighted by atomic mass is 10.1. The summed E-state index contributed by atoms with van der Waals surface area (Å²) in [5, 5.41) is 8.84. The van der Waals surface area contributed by atoms with Gasteiger partial charge in [-0.25, -0.2) is 4.79 Å². The van der Waals surface area contributed by atoms with Crippen molar-refractivity contribution in [1.29, 1.82) is 5.26 Å². The van der Waals surface area contributed by atoms with Crippen LogP contribution in [0.1, 0.15) is 15.9 Å². The number of nitrogens with zero attached hydrogens (tertiary/aromatic N) is 1. The summed E-state index contributed by atoms with van der Waals surface area (Å²) in [6, 6.07) is 4.04. The lowest BCUT2D eigenvalue weighted by molar-refractivity contribution is -0.0499. The Balaban J connectivity index is 3.27. The molecular formula is C10H6F2INO3. The Kier molecular flexibility index (Phi) is 4.62. The van der Waals surface area contributed by atoms with E-state index in [1.807, 2.05) is 0 Å². The molecule has 0 aliphatic rings. The van der Waals surface area contributed by atoms with Gasteiger partial charge in [-0.15, -0.1) is 0 Å². The molecule has 0 aromatic heterocycles. The van der Waals surface area contributed by atoms with E-state index in [1.165, 1.54) is 13.2 Å². The van der Waals surface area contributed by atoms with Crippen LogP contribution in [0.15, 0.2) is 12.1 Å². The maximum absolute atomic E-state index is 12.0. The number of carbonyl (C=O) groups is 1. The number of carbonyl (C=O) groups excluding carboxylic acids is 1. The molecule has 0 saturated heterocycles. The number of ether oxygens (including phenoxy) is 2. The third-order valence-electron chi connectivity index (χ3n) is 1.80. The van der Waals surface area contributed by atoms with Gasteiger partial charge in [-0.1, -0.05) is 0 Å². The van der Waals surface area contributed by atoms with Gasteiger partial charge in [0.05, 0.1) is 18.2 Å². The normalized spacial score (nSPS) is 9.88. The molecule has 1 rings (SSSR count). The third kappa shape index (κ3) is 3.26. The quantitative estimate of drug-likeness (QED) is 0.619. The van der Waals surface area contributed by atoms with E-state index in [0.717, 1.165) is 6.07 Å². The minimum atomic E-state index is -2.98. The van der Waals surface area contributed by atoms with Crippen molar-refractivity contribution in [2.24, 2.45) is 0 Å². The number of alkyl halides is 2. The number of halogens is 3. The first-order chi connectivity index (χ1) is 7.99. The average Bonchev–Trinajstić information content (AvgIpc) is 2.26. The van der Waals surface area contributed by atoms with E-state index in [-0.39, 0.29) is 16.9 Å². The average molecular weight is 353 g/mol. The SMILES string of the molecule is COC(=O)c1c(I)cc(OC(F)F)cc1C#N. The predicted octanol–water partition coefficient (Wildman–Crippen LogP) is 2.55. The highest BCUT2D eigenvalue weighted by Gasteiger charge is 2.18. The van der Waals surface area contributed by atoms with Crippen LogP contribution >= 0.6 is 22.6 Å². The fraction of sp³-hybridized carbons (Fsp3) is 0.200. The van der Waals surface area contributed by atoms with Gasteiger partial charge in [0.1, 0.15) is 11.8 Å². The van der Waals surface area contributed by atoms with Crippen LogP contribution in [-0.4, -0.2) is 19.7 Å². The van der Waals surface area contributed by atoms with Crippen molar-refractivity contribution in [3.05, 3.63) is 26.8 Å². The summed E-state index contributed by atoms with van der Waals surface area (Å²) in [4.78, 5) is 11.4. The summed E-state index contributed by atoms with van der Waals surface area (Å²) in [6.07, 6.45) is 0. The molecule has 0 saturated carbocycles. The zero-order valence-electron chi connectivity index (χ0n) is 8.54. The number of benzene rings is 1. The standard InChI is InChI=1S/C10H6F2INO3/c1-16-9(15)8-5(4-14)2-6(3-7(8)13)17-10(11)12/h2-3,10H,1H3. The van der Waals surface area contributed by atoms with Gasteiger partial charge in [0.25, 0.3) is 0 Å². The Morgan fingerprint density at radius 2 is 2.18 bits per heavy atom. The molecule has 17 heavy (non-hydrogen) atoms. The highest BCUT2D eigenvalue weighted by atomic mass is 127. The van der Waals surface area contributed by atoms with E-state index in [4.69, 9.17) is 5.26 Å². The topological polar surface area (TPSA) is 59.3 Å². The Morgan fingerprint density at radius 1 is 1.53 bits per heavy atom. The van der Waals surface area contributed by atoms with Gasteiger partial charge in [-0.2, -0.15) is 14.0 Å². The molecule has 90 valence electrons. The molecule has 0 amide bonds. The van der Waals surface area contributed by atoms with Crippen LogP contribution in [0.2, 0.25) is 0 Å². The monoisotopic (exact) mass is 353 g/mol. The van der Waals surface area contributed by atoms with Crippen molar-refractivity contribution in [1.82, 2.24) is 0 Å². The molecule has 0 aliphatic carbocycles. The summed E-state index contributed by atoms with van der Waals surface area (Å²) in [6.45, 7) is -2.98. The zero-order valence-corrected chi connectivity index (χ0v) is 10.7. The second-order valence-electron chi connectivity index (χ2n) is 2.81. The molecule has 0 unspecified atom stereocenters. The summed E-state index contributed by atoms with van der Waals surface area (Å²) in [5.41, 5.74) is -0.0309. The first-order valence-corrected chi connectivity index (χ1v) is 5.34. The highest BCUT2D eigenvalue weighted by Crippen LogP contribution is 2.25. The molecular weight excluding hydrogens is 347 g/mol. The molecule has 0 N–H and O–H groups in total. The van der Waals surface area contributed by atoms with Crippen LogP contribution in [0.3, 0.4) is 0 Å². The van der Waals surface area contributed by atoms with Crippen LogP contribution < -0.4 is 4.74 Å². The van der Waals surface area contributed by atoms with Crippen LogP contribution in [0.25, 0.3) is 0 Å². The molecule has 0 atom stereocenters. The van der Waals surface area contributed by atoms with Gasteiger partial charge in [-0.05, 0) is 34.7 Å². The van der Waals surface area contributed by atoms with Gasteiger partial charge < -0.3 is 9.47 Å². The lowest BCUT2D eigenvalue weighted by Crippen LogP contribution is -2.09. The number of esters is 1. The van der Waals surface area contributed by atoms with Crippen molar-refractivity contribution in [3.8, 4) is 11.8 Å². The molecule has 0 aliphatic heterocycles. The Morgan fingerprint density at radius 3 is 2.65 bits per heavy atom. The van der Waals surface area contributed by atoms with E-state index >= 15 is 0 Å². The number of methoxy groups -OCH3 is 1. The molecule has 0 bridgehead atoms. The lowest BCUT2D eigenvalue weighted by Gasteiger charge is -2.09. The van der Waals surface area contributed by atoms with E-state index in [9.17, 15) is 13.6 Å². The maximum atomic E-state index is 12.0. The van der Waals surface area contributed by atoms with Gasteiger partial charge in [0.2, 0.25) is 0 Å². The molecule has 1 aromatic rings. The Hall–Kier alpha value is -1.43. The van der Waals surface area contributed by atoms with Crippen molar-refractivity contribution >= 4 is 28.6 Å². The zero-order chi connectivity index (χ0) is 13.0. The maximum Gasteiger partial charge on any atom is 0.387 e. The second-order valence-corrected chi connectivity index (χ2v) is 3.97. The van der Waals surface area contributed by atoms with Gasteiger partial charge in [0, 0.05) is 3.57 Å².